The Hall–Kier alpha value is -3.04. The summed E-state index contributed by atoms with van der Waals surface area (Å²) in [4.78, 5) is 18.0. The lowest BCUT2D eigenvalue weighted by atomic mass is 10.1. The van der Waals surface area contributed by atoms with Gasteiger partial charge in [-0.2, -0.15) is 9.40 Å². The molecule has 144 valence electrons. The van der Waals surface area contributed by atoms with Gasteiger partial charge in [0.05, 0.1) is 5.69 Å². The molecule has 1 N–H and O–H groups in total. The highest BCUT2D eigenvalue weighted by molar-refractivity contribution is 7.89. The van der Waals surface area contributed by atoms with E-state index in [1.54, 1.807) is 18.3 Å². The minimum absolute atomic E-state index is 0.186. The Balaban J connectivity index is 1.58. The highest BCUT2D eigenvalue weighted by Crippen LogP contribution is 2.28. The van der Waals surface area contributed by atoms with Crippen LogP contribution in [0.2, 0.25) is 0 Å². The normalized spacial score (nSPS) is 15.5. The number of nitrogens with zero attached hydrogens (tertiary/aromatic N) is 4. The second-order valence-corrected chi connectivity index (χ2v) is 8.35. The minimum Gasteiger partial charge on any atom is -0.367 e. The Morgan fingerprint density at radius 1 is 0.964 bits per heavy atom. The maximum atomic E-state index is 12.8. The van der Waals surface area contributed by atoms with Gasteiger partial charge in [0.25, 0.3) is 5.56 Å². The molecule has 1 aliphatic rings. The molecular weight excluding hydrogens is 378 g/mol. The summed E-state index contributed by atoms with van der Waals surface area (Å²) in [5.74, 6) is 0. The Bertz CT molecular complexity index is 1110. The van der Waals surface area contributed by atoms with Crippen molar-refractivity contribution in [1.29, 1.82) is 0 Å². The van der Waals surface area contributed by atoms with Gasteiger partial charge in [-0.25, -0.2) is 13.5 Å². The summed E-state index contributed by atoms with van der Waals surface area (Å²) in [6.07, 6.45) is 2.90. The molecule has 0 aliphatic carbocycles. The maximum absolute atomic E-state index is 12.8. The number of H-pyrrole nitrogens is 1. The molecule has 28 heavy (non-hydrogen) atoms. The minimum atomic E-state index is -3.58. The van der Waals surface area contributed by atoms with Gasteiger partial charge in [-0.15, -0.1) is 0 Å². The van der Waals surface area contributed by atoms with Gasteiger partial charge in [0.15, 0.2) is 0 Å². The van der Waals surface area contributed by atoms with Crippen LogP contribution in [0, 0.1) is 0 Å². The van der Waals surface area contributed by atoms with Crippen molar-refractivity contribution in [1.82, 2.24) is 19.5 Å². The van der Waals surface area contributed by atoms with Crippen LogP contribution in [-0.2, 0) is 10.0 Å². The SMILES string of the molecule is O=c1cc(N2CCN(S(=O)(=O)c3cccnc3)CC2)c(-c2ccccc2)n[nH]1. The van der Waals surface area contributed by atoms with Crippen LogP contribution in [-0.4, -0.2) is 54.1 Å². The third-order valence-corrected chi connectivity index (χ3v) is 6.57. The maximum Gasteiger partial charge on any atom is 0.266 e. The van der Waals surface area contributed by atoms with E-state index in [0.717, 1.165) is 5.56 Å². The van der Waals surface area contributed by atoms with E-state index >= 15 is 0 Å². The zero-order valence-corrected chi connectivity index (χ0v) is 15.8. The molecule has 9 heteroatoms. The van der Waals surface area contributed by atoms with Gasteiger partial charge in [0.1, 0.15) is 10.6 Å². The molecule has 0 bridgehead atoms. The molecule has 0 unspecified atom stereocenters. The molecule has 3 heterocycles. The van der Waals surface area contributed by atoms with E-state index in [2.05, 4.69) is 15.2 Å². The van der Waals surface area contributed by atoms with E-state index in [9.17, 15) is 13.2 Å². The lowest BCUT2D eigenvalue weighted by Crippen LogP contribution is -2.49. The van der Waals surface area contributed by atoms with Crippen LogP contribution < -0.4 is 10.5 Å². The van der Waals surface area contributed by atoms with Crippen molar-refractivity contribution in [2.45, 2.75) is 4.90 Å². The summed E-state index contributed by atoms with van der Waals surface area (Å²) in [5.41, 5.74) is 1.97. The van der Waals surface area contributed by atoms with Crippen molar-refractivity contribution < 1.29 is 8.42 Å². The fourth-order valence-corrected chi connectivity index (χ4v) is 4.65. The average Bonchev–Trinajstić information content (AvgIpc) is 2.75. The average molecular weight is 397 g/mol. The van der Waals surface area contributed by atoms with Crippen LogP contribution in [0.15, 0.2) is 70.6 Å². The van der Waals surface area contributed by atoms with Crippen molar-refractivity contribution in [3.63, 3.8) is 0 Å². The van der Waals surface area contributed by atoms with Crippen LogP contribution in [0.1, 0.15) is 0 Å². The first kappa shape index (κ1) is 18.3. The standard InChI is InChI=1S/C19H19N5O3S/c25-18-13-17(19(22-21-18)15-5-2-1-3-6-15)23-9-11-24(12-10-23)28(26,27)16-7-4-8-20-14-16/h1-8,13-14H,9-12H2,(H,21,25). The second kappa shape index (κ2) is 7.53. The number of rotatable bonds is 4. The van der Waals surface area contributed by atoms with Gasteiger partial charge in [0.2, 0.25) is 10.0 Å². The molecule has 0 atom stereocenters. The van der Waals surface area contributed by atoms with E-state index in [1.165, 1.54) is 16.6 Å². The van der Waals surface area contributed by atoms with Crippen LogP contribution in [0.3, 0.4) is 0 Å². The lowest BCUT2D eigenvalue weighted by molar-refractivity contribution is 0.384. The smallest absolute Gasteiger partial charge is 0.266 e. The largest absolute Gasteiger partial charge is 0.367 e. The molecule has 8 nitrogen and oxygen atoms in total. The van der Waals surface area contributed by atoms with Crippen LogP contribution in [0.4, 0.5) is 5.69 Å². The first-order chi connectivity index (χ1) is 13.6. The number of nitrogens with one attached hydrogen (secondary N) is 1. The van der Waals surface area contributed by atoms with Crippen molar-refractivity contribution in [2.75, 3.05) is 31.1 Å². The zero-order valence-electron chi connectivity index (χ0n) is 15.0. The van der Waals surface area contributed by atoms with Crippen molar-refractivity contribution in [2.24, 2.45) is 0 Å². The van der Waals surface area contributed by atoms with Gasteiger partial charge in [0, 0.05) is 50.2 Å². The zero-order chi connectivity index (χ0) is 19.6. The number of hydrogen-bond donors (Lipinski definition) is 1. The summed E-state index contributed by atoms with van der Waals surface area (Å²) in [5, 5.41) is 6.71. The number of anilines is 1. The van der Waals surface area contributed by atoms with E-state index in [0.29, 0.717) is 37.6 Å². The molecule has 0 amide bonds. The number of aromatic nitrogens is 3. The molecule has 0 saturated carbocycles. The van der Waals surface area contributed by atoms with Gasteiger partial charge < -0.3 is 4.90 Å². The number of pyridine rings is 1. The fourth-order valence-electron chi connectivity index (χ4n) is 3.26. The Morgan fingerprint density at radius 2 is 1.71 bits per heavy atom. The number of piperazine rings is 1. The van der Waals surface area contributed by atoms with Crippen molar-refractivity contribution >= 4 is 15.7 Å². The van der Waals surface area contributed by atoms with Gasteiger partial charge in [-0.3, -0.25) is 9.78 Å². The van der Waals surface area contributed by atoms with E-state index < -0.39 is 10.0 Å². The summed E-state index contributed by atoms with van der Waals surface area (Å²) in [7, 11) is -3.58. The van der Waals surface area contributed by atoms with Crippen molar-refractivity contribution in [3.8, 4) is 11.3 Å². The summed E-state index contributed by atoms with van der Waals surface area (Å²) in [6, 6.07) is 14.2. The molecule has 1 aromatic carbocycles. The fraction of sp³-hybridized carbons (Fsp3) is 0.211. The van der Waals surface area contributed by atoms with Crippen LogP contribution in [0.25, 0.3) is 11.3 Å². The quantitative estimate of drug-likeness (QED) is 0.713. The predicted molar refractivity (Wildman–Crippen MR) is 106 cm³/mol. The van der Waals surface area contributed by atoms with Gasteiger partial charge in [-0.05, 0) is 12.1 Å². The third-order valence-electron chi connectivity index (χ3n) is 4.69. The molecule has 0 spiro atoms. The molecule has 1 aliphatic heterocycles. The Kier molecular flexibility index (Phi) is 4.93. The molecule has 2 aromatic heterocycles. The first-order valence-electron chi connectivity index (χ1n) is 8.86. The molecule has 0 radical (unpaired) electrons. The predicted octanol–water partition coefficient (Wildman–Crippen LogP) is 1.34. The van der Waals surface area contributed by atoms with Crippen LogP contribution in [0.5, 0.6) is 0 Å². The summed E-state index contributed by atoms with van der Waals surface area (Å²) in [6.45, 7) is 1.56. The highest BCUT2D eigenvalue weighted by Gasteiger charge is 2.29. The Morgan fingerprint density at radius 3 is 2.39 bits per heavy atom. The first-order valence-corrected chi connectivity index (χ1v) is 10.3. The number of benzene rings is 1. The van der Waals surface area contributed by atoms with Crippen molar-refractivity contribution in [3.05, 3.63) is 71.3 Å². The molecule has 3 aromatic rings. The Labute approximate surface area is 162 Å². The number of aromatic amines is 1. The molecule has 4 rings (SSSR count). The molecule has 1 saturated heterocycles. The highest BCUT2D eigenvalue weighted by atomic mass is 32.2. The number of sulfonamides is 1. The molecule has 1 fully saturated rings. The van der Waals surface area contributed by atoms with E-state index in [4.69, 9.17) is 0 Å². The molecular formula is C19H19N5O3S. The third kappa shape index (κ3) is 3.54. The van der Waals surface area contributed by atoms with Gasteiger partial charge in [-0.1, -0.05) is 30.3 Å². The monoisotopic (exact) mass is 397 g/mol. The lowest BCUT2D eigenvalue weighted by Gasteiger charge is -2.35. The summed E-state index contributed by atoms with van der Waals surface area (Å²) >= 11 is 0. The topological polar surface area (TPSA) is 99.3 Å². The van der Waals surface area contributed by atoms with Gasteiger partial charge >= 0.3 is 0 Å². The van der Waals surface area contributed by atoms with E-state index in [-0.39, 0.29) is 10.5 Å². The van der Waals surface area contributed by atoms with E-state index in [1.807, 2.05) is 35.2 Å². The second-order valence-electron chi connectivity index (χ2n) is 6.41. The summed E-state index contributed by atoms with van der Waals surface area (Å²) < 4.78 is 27.0. The number of hydrogen-bond acceptors (Lipinski definition) is 6. The van der Waals surface area contributed by atoms with Crippen LogP contribution >= 0.6 is 0 Å².